The van der Waals surface area contributed by atoms with Crippen LogP contribution in [0.1, 0.15) is 20.8 Å². The highest BCUT2D eigenvalue weighted by molar-refractivity contribution is 7.87. The zero-order valence-corrected chi connectivity index (χ0v) is 12.1. The van der Waals surface area contributed by atoms with Crippen LogP contribution in [0.25, 0.3) is 0 Å². The second-order valence-electron chi connectivity index (χ2n) is 5.29. The van der Waals surface area contributed by atoms with E-state index in [2.05, 4.69) is 14.4 Å². The van der Waals surface area contributed by atoms with Crippen LogP contribution in [0.3, 0.4) is 0 Å². The molecule has 2 heterocycles. The Hall–Kier alpha value is -0.740. The molecule has 0 aromatic carbocycles. The van der Waals surface area contributed by atoms with Gasteiger partial charge in [0.2, 0.25) is 0 Å². The highest BCUT2D eigenvalue weighted by Crippen LogP contribution is 2.32. The number of carbonyl (C=O) groups excluding carboxylic acids is 1. The summed E-state index contributed by atoms with van der Waals surface area (Å²) in [6.07, 6.45) is 0.124. The molecule has 0 spiro atoms. The Morgan fingerprint density at radius 2 is 2.16 bits per heavy atom. The van der Waals surface area contributed by atoms with Gasteiger partial charge in [0.15, 0.2) is 0 Å². The van der Waals surface area contributed by atoms with E-state index in [1.54, 1.807) is 0 Å². The lowest BCUT2D eigenvalue weighted by molar-refractivity contribution is -0.138. The first-order valence-corrected chi connectivity index (χ1v) is 7.45. The maximum absolute atomic E-state index is 10.5. The molecule has 0 aromatic rings. The SMILES string of the molecule is CC(C)(C)OC=O.NS(=O)(=O)NCC1C2OCCN12. The molecule has 9 heteroatoms. The summed E-state index contributed by atoms with van der Waals surface area (Å²) in [5.41, 5.74) is -0.318. The zero-order chi connectivity index (χ0) is 14.7. The largest absolute Gasteiger partial charge is 0.462 e. The fourth-order valence-corrected chi connectivity index (χ4v) is 2.05. The highest BCUT2D eigenvalue weighted by Gasteiger charge is 2.51. The molecule has 2 fully saturated rings. The summed E-state index contributed by atoms with van der Waals surface area (Å²) in [4.78, 5) is 11.7. The molecule has 3 unspecified atom stereocenters. The minimum Gasteiger partial charge on any atom is -0.462 e. The Bertz CT molecular complexity index is 396. The third-order valence-electron chi connectivity index (χ3n) is 2.53. The van der Waals surface area contributed by atoms with Crippen molar-refractivity contribution in [2.75, 3.05) is 19.7 Å². The molecule has 19 heavy (non-hydrogen) atoms. The molecule has 8 nitrogen and oxygen atoms in total. The molecule has 2 aliphatic rings. The predicted molar refractivity (Wildman–Crippen MR) is 68.2 cm³/mol. The maximum atomic E-state index is 10.5. The van der Waals surface area contributed by atoms with Gasteiger partial charge in [-0.25, -0.2) is 9.86 Å². The molecule has 3 N–H and O–H groups in total. The van der Waals surface area contributed by atoms with Gasteiger partial charge in [-0.15, -0.1) is 0 Å². The topological polar surface area (TPSA) is 111 Å². The second-order valence-corrected chi connectivity index (χ2v) is 6.67. The lowest BCUT2D eigenvalue weighted by atomic mass is 10.2. The van der Waals surface area contributed by atoms with Crippen molar-refractivity contribution in [1.82, 2.24) is 9.62 Å². The molecule has 0 saturated carbocycles. The molecule has 0 amide bonds. The van der Waals surface area contributed by atoms with Crippen molar-refractivity contribution in [3.8, 4) is 0 Å². The molecule has 112 valence electrons. The number of morpholine rings is 1. The number of carbonyl (C=O) groups is 1. The number of nitrogens with zero attached hydrogens (tertiary/aromatic N) is 1. The first kappa shape index (κ1) is 16.3. The lowest BCUT2D eigenvalue weighted by Crippen LogP contribution is -2.35. The maximum Gasteiger partial charge on any atom is 0.293 e. The van der Waals surface area contributed by atoms with Crippen LogP contribution in [-0.4, -0.2) is 57.4 Å². The average Bonchev–Trinajstić information content (AvgIpc) is 2.66. The minimum absolute atomic E-state index is 0.124. The van der Waals surface area contributed by atoms with Crippen molar-refractivity contribution >= 4 is 16.7 Å². The van der Waals surface area contributed by atoms with Gasteiger partial charge < -0.3 is 9.47 Å². The van der Waals surface area contributed by atoms with E-state index in [9.17, 15) is 13.2 Å². The summed E-state index contributed by atoms with van der Waals surface area (Å²) in [7, 11) is -3.54. The van der Waals surface area contributed by atoms with Crippen LogP contribution in [0.15, 0.2) is 0 Å². The van der Waals surface area contributed by atoms with E-state index in [4.69, 9.17) is 9.88 Å². The van der Waals surface area contributed by atoms with Gasteiger partial charge in [-0.05, 0) is 20.8 Å². The first-order valence-electron chi connectivity index (χ1n) is 5.90. The predicted octanol–water partition coefficient (Wildman–Crippen LogP) is -1.22. The number of fused-ring (bicyclic) bond motifs is 1. The normalized spacial score (nSPS) is 28.9. The summed E-state index contributed by atoms with van der Waals surface area (Å²) in [6, 6.07) is 0.192. The quantitative estimate of drug-likeness (QED) is 0.497. The summed E-state index contributed by atoms with van der Waals surface area (Å²) in [6.45, 7) is 7.91. The van der Waals surface area contributed by atoms with Crippen molar-refractivity contribution < 1.29 is 22.7 Å². The van der Waals surface area contributed by atoms with Crippen LogP contribution in [0.2, 0.25) is 0 Å². The van der Waals surface area contributed by atoms with Gasteiger partial charge in [0.25, 0.3) is 16.7 Å². The van der Waals surface area contributed by atoms with Crippen LogP contribution in [0.4, 0.5) is 0 Å². The van der Waals surface area contributed by atoms with Gasteiger partial charge in [0.05, 0.1) is 12.6 Å². The van der Waals surface area contributed by atoms with Gasteiger partial charge in [-0.2, -0.15) is 8.42 Å². The standard InChI is InChI=1S/C5H11N3O3S.C5H10O2/c6-12(9,10)7-3-4-5-8(4)1-2-11-5;1-5(2,3)7-4-6/h4-5,7H,1-3H2,(H2,6,9,10);4H,1-3H3. The Labute approximate surface area is 113 Å². The Morgan fingerprint density at radius 1 is 1.53 bits per heavy atom. The van der Waals surface area contributed by atoms with Gasteiger partial charge in [0, 0.05) is 13.1 Å². The molecule has 2 rings (SSSR count). The second kappa shape index (κ2) is 6.14. The molecular weight excluding hydrogens is 274 g/mol. The van der Waals surface area contributed by atoms with E-state index in [-0.39, 0.29) is 17.9 Å². The molecule has 2 aliphatic heterocycles. The molecule has 0 bridgehead atoms. The summed E-state index contributed by atoms with van der Waals surface area (Å²) in [5.74, 6) is 0. The van der Waals surface area contributed by atoms with E-state index in [0.29, 0.717) is 13.0 Å². The molecule has 2 saturated heterocycles. The van der Waals surface area contributed by atoms with Crippen LogP contribution < -0.4 is 9.86 Å². The van der Waals surface area contributed by atoms with Gasteiger partial charge in [0.1, 0.15) is 11.8 Å². The van der Waals surface area contributed by atoms with Crippen molar-refractivity contribution in [2.45, 2.75) is 38.6 Å². The summed E-state index contributed by atoms with van der Waals surface area (Å²) in [5, 5.41) is 4.76. The van der Waals surface area contributed by atoms with Crippen molar-refractivity contribution in [2.24, 2.45) is 5.14 Å². The fourth-order valence-electron chi connectivity index (χ4n) is 1.65. The zero-order valence-electron chi connectivity index (χ0n) is 11.3. The highest BCUT2D eigenvalue weighted by atomic mass is 32.2. The van der Waals surface area contributed by atoms with E-state index in [1.165, 1.54) is 0 Å². The van der Waals surface area contributed by atoms with E-state index >= 15 is 0 Å². The summed E-state index contributed by atoms with van der Waals surface area (Å²) >= 11 is 0. The van der Waals surface area contributed by atoms with Gasteiger partial charge in [-0.3, -0.25) is 9.69 Å². The number of nitrogens with one attached hydrogen (secondary N) is 1. The molecular formula is C10H21N3O5S. The number of rotatable bonds is 4. The number of ether oxygens (including phenoxy) is 2. The third kappa shape index (κ3) is 6.30. The first-order chi connectivity index (χ1) is 8.64. The molecule has 3 atom stereocenters. The van der Waals surface area contributed by atoms with Gasteiger partial charge >= 0.3 is 0 Å². The Morgan fingerprint density at radius 3 is 2.47 bits per heavy atom. The fraction of sp³-hybridized carbons (Fsp3) is 0.900. The smallest absolute Gasteiger partial charge is 0.293 e. The van der Waals surface area contributed by atoms with Crippen LogP contribution in [0.5, 0.6) is 0 Å². The van der Waals surface area contributed by atoms with Crippen molar-refractivity contribution in [1.29, 1.82) is 0 Å². The molecule has 0 radical (unpaired) electrons. The van der Waals surface area contributed by atoms with E-state index < -0.39 is 10.2 Å². The molecule has 0 aromatic heterocycles. The third-order valence-corrected chi connectivity index (χ3v) is 3.09. The van der Waals surface area contributed by atoms with Crippen molar-refractivity contribution in [3.05, 3.63) is 0 Å². The van der Waals surface area contributed by atoms with Gasteiger partial charge in [-0.1, -0.05) is 0 Å². The molecule has 0 aliphatic carbocycles. The summed E-state index contributed by atoms with van der Waals surface area (Å²) < 4.78 is 33.0. The van der Waals surface area contributed by atoms with Crippen LogP contribution in [-0.2, 0) is 24.5 Å². The van der Waals surface area contributed by atoms with Crippen molar-refractivity contribution in [3.63, 3.8) is 0 Å². The monoisotopic (exact) mass is 295 g/mol. The number of hydrogen-bond donors (Lipinski definition) is 2. The van der Waals surface area contributed by atoms with E-state index in [0.717, 1.165) is 13.2 Å². The minimum atomic E-state index is -3.54. The lowest BCUT2D eigenvalue weighted by Gasteiger charge is -2.14. The average molecular weight is 295 g/mol. The van der Waals surface area contributed by atoms with Crippen LogP contribution >= 0.6 is 0 Å². The Kier molecular flexibility index (Phi) is 5.27. The number of nitrogens with two attached hydrogens (primary N) is 1. The Balaban J connectivity index is 0.000000224. The van der Waals surface area contributed by atoms with E-state index in [1.807, 2.05) is 20.8 Å². The number of hydrogen-bond acceptors (Lipinski definition) is 6. The van der Waals surface area contributed by atoms with Crippen LogP contribution in [0, 0.1) is 0 Å².